The van der Waals surface area contributed by atoms with Gasteiger partial charge in [-0.25, -0.2) is 0 Å². The van der Waals surface area contributed by atoms with Crippen LogP contribution in [0.3, 0.4) is 0 Å². The molecule has 0 spiro atoms. The third kappa shape index (κ3) is 3.80. The van der Waals surface area contributed by atoms with Crippen molar-refractivity contribution in [2.45, 2.75) is 39.2 Å². The van der Waals surface area contributed by atoms with Crippen LogP contribution in [0.1, 0.15) is 49.4 Å². The molecule has 2 aromatic carbocycles. The fraction of sp³-hybridized carbons (Fsp3) is 0.435. The van der Waals surface area contributed by atoms with Crippen molar-refractivity contribution in [2.75, 3.05) is 20.8 Å². The van der Waals surface area contributed by atoms with Crippen molar-refractivity contribution < 1.29 is 14.3 Å². The fourth-order valence-electron chi connectivity index (χ4n) is 4.02. The van der Waals surface area contributed by atoms with Crippen LogP contribution < -0.4 is 9.47 Å². The first-order chi connectivity index (χ1) is 13.1. The fourth-order valence-corrected chi connectivity index (χ4v) is 4.02. The number of nitrogens with zero attached hydrogens (tertiary/aromatic N) is 1. The van der Waals surface area contributed by atoms with Gasteiger partial charge in [0.05, 0.1) is 20.3 Å². The number of rotatable bonds is 6. The molecule has 0 saturated heterocycles. The summed E-state index contributed by atoms with van der Waals surface area (Å²) >= 11 is 0. The molecule has 0 bridgehead atoms. The Balaban J connectivity index is 2.09. The number of fused-ring (bicyclic) bond motifs is 1. The van der Waals surface area contributed by atoms with E-state index < -0.39 is 0 Å². The molecule has 0 aromatic heterocycles. The second kappa shape index (κ2) is 8.47. The first-order valence-corrected chi connectivity index (χ1v) is 9.70. The van der Waals surface area contributed by atoms with E-state index in [1.54, 1.807) is 14.2 Å². The van der Waals surface area contributed by atoms with E-state index >= 15 is 0 Å². The summed E-state index contributed by atoms with van der Waals surface area (Å²) in [6.45, 7) is 4.88. The zero-order valence-electron chi connectivity index (χ0n) is 16.7. The molecular formula is C23H29NO3. The lowest BCUT2D eigenvalue weighted by atomic mass is 9.86. The Morgan fingerprint density at radius 3 is 2.44 bits per heavy atom. The van der Waals surface area contributed by atoms with Gasteiger partial charge in [0.25, 0.3) is 0 Å². The number of amides is 1. The van der Waals surface area contributed by atoms with Crippen molar-refractivity contribution >= 4 is 5.91 Å². The highest BCUT2D eigenvalue weighted by Crippen LogP contribution is 2.41. The summed E-state index contributed by atoms with van der Waals surface area (Å²) in [5, 5.41) is 0. The number of ether oxygens (including phenoxy) is 2. The van der Waals surface area contributed by atoms with Crippen molar-refractivity contribution in [2.24, 2.45) is 5.92 Å². The van der Waals surface area contributed by atoms with E-state index in [9.17, 15) is 4.79 Å². The molecule has 2 aromatic rings. The van der Waals surface area contributed by atoms with E-state index in [0.717, 1.165) is 42.7 Å². The minimum atomic E-state index is -0.0958. The largest absolute Gasteiger partial charge is 0.493 e. The second-order valence-electron chi connectivity index (χ2n) is 7.19. The van der Waals surface area contributed by atoms with Crippen LogP contribution in [-0.2, 0) is 11.2 Å². The number of benzene rings is 2. The Morgan fingerprint density at radius 2 is 1.81 bits per heavy atom. The molecule has 3 rings (SSSR count). The maximum Gasteiger partial charge on any atom is 0.226 e. The Kier molecular flexibility index (Phi) is 6.04. The van der Waals surface area contributed by atoms with Crippen molar-refractivity contribution in [1.29, 1.82) is 0 Å². The quantitative estimate of drug-likeness (QED) is 0.748. The molecule has 0 N–H and O–H groups in total. The summed E-state index contributed by atoms with van der Waals surface area (Å²) in [6.07, 6.45) is 2.75. The van der Waals surface area contributed by atoms with Gasteiger partial charge in [0, 0.05) is 12.5 Å². The van der Waals surface area contributed by atoms with Gasteiger partial charge in [-0.2, -0.15) is 0 Å². The van der Waals surface area contributed by atoms with Crippen molar-refractivity contribution in [3.05, 3.63) is 59.2 Å². The third-order valence-electron chi connectivity index (χ3n) is 5.42. The highest BCUT2D eigenvalue weighted by molar-refractivity contribution is 5.80. The highest BCUT2D eigenvalue weighted by atomic mass is 16.5. The Bertz CT molecular complexity index is 788. The standard InChI is InChI=1S/C23H29NO3/c1-5-9-16(2)23(25)24-13-12-18-14-20(26-3)21(27-4)15-19(18)22(24)17-10-7-6-8-11-17/h6-8,10-11,14-16,22H,5,9,12-13H2,1-4H3/t16-,22+/m1/s1. The lowest BCUT2D eigenvalue weighted by Crippen LogP contribution is -2.43. The van der Waals surface area contributed by atoms with Gasteiger partial charge in [-0.1, -0.05) is 50.6 Å². The summed E-state index contributed by atoms with van der Waals surface area (Å²) in [5.41, 5.74) is 3.47. The van der Waals surface area contributed by atoms with Crippen molar-refractivity contribution in [3.63, 3.8) is 0 Å². The molecule has 1 amide bonds. The predicted octanol–water partition coefficient (Wildman–Crippen LogP) is 4.61. The average Bonchev–Trinajstić information content (AvgIpc) is 2.72. The van der Waals surface area contributed by atoms with Gasteiger partial charge < -0.3 is 14.4 Å². The van der Waals surface area contributed by atoms with Crippen LogP contribution in [-0.4, -0.2) is 31.6 Å². The monoisotopic (exact) mass is 367 g/mol. The van der Waals surface area contributed by atoms with Crippen LogP contribution in [0.2, 0.25) is 0 Å². The highest BCUT2D eigenvalue weighted by Gasteiger charge is 2.34. The van der Waals surface area contributed by atoms with E-state index in [4.69, 9.17) is 9.47 Å². The van der Waals surface area contributed by atoms with Crippen LogP contribution in [0.5, 0.6) is 11.5 Å². The minimum absolute atomic E-state index is 0.0305. The van der Waals surface area contributed by atoms with Crippen LogP contribution in [0.25, 0.3) is 0 Å². The van der Waals surface area contributed by atoms with Gasteiger partial charge in [0.1, 0.15) is 0 Å². The molecule has 0 fully saturated rings. The summed E-state index contributed by atoms with van der Waals surface area (Å²) in [4.78, 5) is 15.3. The first-order valence-electron chi connectivity index (χ1n) is 9.70. The SMILES string of the molecule is CCC[C@@H](C)C(=O)N1CCc2cc(OC)c(OC)cc2[C@@H]1c1ccccc1. The van der Waals surface area contributed by atoms with Crippen LogP contribution in [0, 0.1) is 5.92 Å². The van der Waals surface area contributed by atoms with E-state index in [0.29, 0.717) is 5.75 Å². The van der Waals surface area contributed by atoms with Crippen LogP contribution in [0.15, 0.2) is 42.5 Å². The zero-order chi connectivity index (χ0) is 19.4. The van der Waals surface area contributed by atoms with E-state index in [-0.39, 0.29) is 17.9 Å². The average molecular weight is 367 g/mol. The Hall–Kier alpha value is -2.49. The summed E-state index contributed by atoms with van der Waals surface area (Å²) in [5.74, 6) is 1.70. The van der Waals surface area contributed by atoms with Crippen molar-refractivity contribution in [3.8, 4) is 11.5 Å². The Labute approximate surface area is 162 Å². The van der Waals surface area contributed by atoms with Gasteiger partial charge in [-0.3, -0.25) is 4.79 Å². The van der Waals surface area contributed by atoms with E-state index in [1.807, 2.05) is 36.1 Å². The molecule has 0 radical (unpaired) electrons. The van der Waals surface area contributed by atoms with Gasteiger partial charge in [0.2, 0.25) is 5.91 Å². The third-order valence-corrected chi connectivity index (χ3v) is 5.42. The molecule has 4 nitrogen and oxygen atoms in total. The summed E-state index contributed by atoms with van der Waals surface area (Å²) in [6, 6.07) is 14.3. The molecule has 1 aliphatic heterocycles. The van der Waals surface area contributed by atoms with Gasteiger partial charge in [-0.15, -0.1) is 0 Å². The lowest BCUT2D eigenvalue weighted by molar-refractivity contribution is -0.137. The molecular weight excluding hydrogens is 338 g/mol. The molecule has 0 unspecified atom stereocenters. The molecule has 1 aliphatic rings. The normalized spacial score (nSPS) is 17.2. The number of methoxy groups -OCH3 is 2. The zero-order valence-corrected chi connectivity index (χ0v) is 16.7. The molecule has 4 heteroatoms. The Morgan fingerprint density at radius 1 is 1.15 bits per heavy atom. The molecule has 0 aliphatic carbocycles. The predicted molar refractivity (Wildman–Crippen MR) is 107 cm³/mol. The summed E-state index contributed by atoms with van der Waals surface area (Å²) in [7, 11) is 3.31. The number of carbonyl (C=O) groups excluding carboxylic acids is 1. The van der Waals surface area contributed by atoms with E-state index in [1.165, 1.54) is 5.56 Å². The minimum Gasteiger partial charge on any atom is -0.493 e. The molecule has 0 saturated carbocycles. The first kappa shape index (κ1) is 19.3. The molecule has 1 heterocycles. The smallest absolute Gasteiger partial charge is 0.226 e. The summed E-state index contributed by atoms with van der Waals surface area (Å²) < 4.78 is 11.0. The topological polar surface area (TPSA) is 38.8 Å². The molecule has 27 heavy (non-hydrogen) atoms. The molecule has 144 valence electrons. The maximum atomic E-state index is 13.2. The van der Waals surface area contributed by atoms with Crippen LogP contribution >= 0.6 is 0 Å². The maximum absolute atomic E-state index is 13.2. The van der Waals surface area contributed by atoms with Gasteiger partial charge in [-0.05, 0) is 41.7 Å². The van der Waals surface area contributed by atoms with Gasteiger partial charge >= 0.3 is 0 Å². The lowest BCUT2D eigenvalue weighted by Gasteiger charge is -2.39. The van der Waals surface area contributed by atoms with Gasteiger partial charge in [0.15, 0.2) is 11.5 Å². The number of carbonyl (C=O) groups is 1. The number of hydrogen-bond donors (Lipinski definition) is 0. The second-order valence-corrected chi connectivity index (χ2v) is 7.19. The van der Waals surface area contributed by atoms with E-state index in [2.05, 4.69) is 25.1 Å². The molecule has 2 atom stereocenters. The van der Waals surface area contributed by atoms with Crippen molar-refractivity contribution in [1.82, 2.24) is 4.90 Å². The van der Waals surface area contributed by atoms with Crippen LogP contribution in [0.4, 0.5) is 0 Å². The number of hydrogen-bond acceptors (Lipinski definition) is 3.